The van der Waals surface area contributed by atoms with Gasteiger partial charge in [-0.3, -0.25) is 0 Å². The highest BCUT2D eigenvalue weighted by molar-refractivity contribution is 5.96. The number of H-pyrrole nitrogens is 1. The number of ether oxygens (including phenoxy) is 1. The summed E-state index contributed by atoms with van der Waals surface area (Å²) in [5, 5.41) is 1.11. The van der Waals surface area contributed by atoms with Crippen molar-refractivity contribution in [3.8, 4) is 28.0 Å². The van der Waals surface area contributed by atoms with Gasteiger partial charge < -0.3 is 9.72 Å². The average molecular weight is 376 g/mol. The molecule has 0 spiro atoms. The van der Waals surface area contributed by atoms with E-state index in [0.717, 1.165) is 44.6 Å². The molecule has 0 fully saturated rings. The Hall–Kier alpha value is -3.85. The summed E-state index contributed by atoms with van der Waals surface area (Å²) in [7, 11) is 0. The largest absolute Gasteiger partial charge is 0.489 e. The highest BCUT2D eigenvalue weighted by Gasteiger charge is 2.12. The lowest BCUT2D eigenvalue weighted by molar-refractivity contribution is 0.307. The monoisotopic (exact) mass is 376 g/mol. The average Bonchev–Trinajstić information content (AvgIpc) is 3.22. The number of pyridine rings is 1. The maximum absolute atomic E-state index is 6.01. The quantitative estimate of drug-likeness (QED) is 0.381. The first-order chi connectivity index (χ1) is 14.4. The Balaban J connectivity index is 1.54. The fraction of sp³-hybridized carbons (Fsp3) is 0.0385. The van der Waals surface area contributed by atoms with Gasteiger partial charge in [-0.2, -0.15) is 0 Å². The lowest BCUT2D eigenvalue weighted by Gasteiger charge is -2.11. The molecule has 0 saturated heterocycles. The van der Waals surface area contributed by atoms with Crippen molar-refractivity contribution in [3.63, 3.8) is 0 Å². The number of nitrogens with one attached hydrogen (secondary N) is 1. The van der Waals surface area contributed by atoms with Crippen LogP contribution in [0.15, 0.2) is 103 Å². The van der Waals surface area contributed by atoms with Gasteiger partial charge in [-0.1, -0.05) is 72.8 Å². The molecule has 2 heterocycles. The third kappa shape index (κ3) is 3.50. The number of aromatic nitrogens is 2. The van der Waals surface area contributed by atoms with Crippen LogP contribution in [-0.4, -0.2) is 9.97 Å². The summed E-state index contributed by atoms with van der Waals surface area (Å²) in [6.45, 7) is 0.513. The summed E-state index contributed by atoms with van der Waals surface area (Å²) in [5.74, 6) is 0.870. The zero-order chi connectivity index (χ0) is 19.5. The number of nitrogens with zero attached hydrogens (tertiary/aromatic N) is 1. The van der Waals surface area contributed by atoms with Gasteiger partial charge in [0, 0.05) is 28.9 Å². The van der Waals surface area contributed by atoms with Crippen LogP contribution in [0, 0.1) is 0 Å². The molecule has 3 nitrogen and oxygen atoms in total. The molecule has 0 saturated carbocycles. The lowest BCUT2D eigenvalue weighted by atomic mass is 9.98. The Morgan fingerprint density at radius 2 is 1.45 bits per heavy atom. The minimum atomic E-state index is 0.513. The van der Waals surface area contributed by atoms with Crippen molar-refractivity contribution in [3.05, 3.63) is 109 Å². The maximum Gasteiger partial charge on any atom is 0.137 e. The predicted octanol–water partition coefficient (Wildman–Crippen LogP) is 6.48. The molecule has 29 heavy (non-hydrogen) atoms. The maximum atomic E-state index is 6.01. The highest BCUT2D eigenvalue weighted by atomic mass is 16.5. The van der Waals surface area contributed by atoms with Crippen LogP contribution in [0.4, 0.5) is 0 Å². The molecule has 0 amide bonds. The van der Waals surface area contributed by atoms with Crippen molar-refractivity contribution in [2.24, 2.45) is 0 Å². The molecule has 0 atom stereocenters. The molecule has 0 aliphatic rings. The van der Waals surface area contributed by atoms with Gasteiger partial charge in [0.2, 0.25) is 0 Å². The summed E-state index contributed by atoms with van der Waals surface area (Å²) in [6.07, 6.45) is 3.95. The molecule has 140 valence electrons. The fourth-order valence-electron chi connectivity index (χ4n) is 3.60. The van der Waals surface area contributed by atoms with E-state index in [0.29, 0.717) is 6.61 Å². The molecule has 0 aliphatic carbocycles. The first kappa shape index (κ1) is 17.3. The SMILES string of the molecule is c1ccc(OCc2ccccc2-c2c[nH]c3ncc(-c4ccccc4)cc23)cc1. The van der Waals surface area contributed by atoms with Crippen molar-refractivity contribution in [1.82, 2.24) is 9.97 Å². The Kier molecular flexibility index (Phi) is 4.55. The van der Waals surface area contributed by atoms with Gasteiger partial charge >= 0.3 is 0 Å². The zero-order valence-electron chi connectivity index (χ0n) is 15.9. The third-order valence-corrected chi connectivity index (χ3v) is 5.08. The first-order valence-electron chi connectivity index (χ1n) is 9.67. The number of aromatic amines is 1. The van der Waals surface area contributed by atoms with Crippen LogP contribution in [-0.2, 0) is 6.61 Å². The molecule has 2 aromatic heterocycles. The van der Waals surface area contributed by atoms with Crippen LogP contribution in [0.1, 0.15) is 5.56 Å². The van der Waals surface area contributed by atoms with E-state index in [1.54, 1.807) is 0 Å². The van der Waals surface area contributed by atoms with Crippen molar-refractivity contribution in [2.45, 2.75) is 6.61 Å². The van der Waals surface area contributed by atoms with E-state index < -0.39 is 0 Å². The third-order valence-electron chi connectivity index (χ3n) is 5.08. The van der Waals surface area contributed by atoms with E-state index in [9.17, 15) is 0 Å². The van der Waals surface area contributed by atoms with Gasteiger partial charge in [-0.25, -0.2) is 4.98 Å². The molecule has 1 N–H and O–H groups in total. The molecule has 0 unspecified atom stereocenters. The summed E-state index contributed by atoms with van der Waals surface area (Å²) in [5.41, 5.74) is 6.59. The molecule has 3 heteroatoms. The Morgan fingerprint density at radius 1 is 0.724 bits per heavy atom. The van der Waals surface area contributed by atoms with Crippen LogP contribution in [0.3, 0.4) is 0 Å². The molecule has 3 aromatic carbocycles. The normalized spacial score (nSPS) is 10.9. The Morgan fingerprint density at radius 3 is 2.28 bits per heavy atom. The van der Waals surface area contributed by atoms with Gasteiger partial charge in [-0.15, -0.1) is 0 Å². The summed E-state index contributed by atoms with van der Waals surface area (Å²) < 4.78 is 6.01. The number of hydrogen-bond acceptors (Lipinski definition) is 2. The molecular weight excluding hydrogens is 356 g/mol. The van der Waals surface area contributed by atoms with Crippen LogP contribution < -0.4 is 4.74 Å². The number of benzene rings is 3. The number of fused-ring (bicyclic) bond motifs is 1. The van der Waals surface area contributed by atoms with Crippen molar-refractivity contribution < 1.29 is 4.74 Å². The predicted molar refractivity (Wildman–Crippen MR) is 118 cm³/mol. The van der Waals surface area contributed by atoms with E-state index in [2.05, 4.69) is 52.4 Å². The van der Waals surface area contributed by atoms with Crippen LogP contribution in [0.2, 0.25) is 0 Å². The van der Waals surface area contributed by atoms with Crippen molar-refractivity contribution in [2.75, 3.05) is 0 Å². The number of rotatable bonds is 5. The summed E-state index contributed by atoms with van der Waals surface area (Å²) in [6, 6.07) is 30.8. The van der Waals surface area contributed by atoms with Crippen molar-refractivity contribution in [1.29, 1.82) is 0 Å². The van der Waals surface area contributed by atoms with Gasteiger partial charge in [0.05, 0.1) is 0 Å². The standard InChI is InChI=1S/C26H20N2O/c1-3-9-19(10-4-1)21-15-24-25(17-28-26(24)27-16-21)23-14-8-7-11-20(23)18-29-22-12-5-2-6-13-22/h1-17H,18H2,(H,27,28). The Bertz CT molecular complexity index is 1240. The molecule has 0 bridgehead atoms. The van der Waals surface area contributed by atoms with E-state index in [1.807, 2.05) is 60.9 Å². The smallest absolute Gasteiger partial charge is 0.137 e. The van der Waals surface area contributed by atoms with Gasteiger partial charge in [-0.05, 0) is 34.9 Å². The van der Waals surface area contributed by atoms with E-state index in [4.69, 9.17) is 4.74 Å². The zero-order valence-corrected chi connectivity index (χ0v) is 15.9. The molecule has 5 rings (SSSR count). The van der Waals surface area contributed by atoms with Crippen LogP contribution >= 0.6 is 0 Å². The topological polar surface area (TPSA) is 37.9 Å². The second-order valence-corrected chi connectivity index (χ2v) is 6.95. The lowest BCUT2D eigenvalue weighted by Crippen LogP contribution is -1.97. The molecule has 0 aliphatic heterocycles. The van der Waals surface area contributed by atoms with Gasteiger partial charge in [0.15, 0.2) is 0 Å². The van der Waals surface area contributed by atoms with E-state index >= 15 is 0 Å². The summed E-state index contributed by atoms with van der Waals surface area (Å²) >= 11 is 0. The first-order valence-corrected chi connectivity index (χ1v) is 9.67. The van der Waals surface area contributed by atoms with E-state index in [1.165, 1.54) is 0 Å². The van der Waals surface area contributed by atoms with E-state index in [-0.39, 0.29) is 0 Å². The molecular formula is C26H20N2O. The highest BCUT2D eigenvalue weighted by Crippen LogP contribution is 2.33. The number of hydrogen-bond donors (Lipinski definition) is 1. The molecule has 0 radical (unpaired) electrons. The van der Waals surface area contributed by atoms with Gasteiger partial charge in [0.25, 0.3) is 0 Å². The Labute approximate surface area is 169 Å². The fourth-order valence-corrected chi connectivity index (χ4v) is 3.60. The minimum Gasteiger partial charge on any atom is -0.489 e. The second-order valence-electron chi connectivity index (χ2n) is 6.95. The van der Waals surface area contributed by atoms with Crippen LogP contribution in [0.5, 0.6) is 5.75 Å². The van der Waals surface area contributed by atoms with Crippen LogP contribution in [0.25, 0.3) is 33.3 Å². The molecule has 5 aromatic rings. The summed E-state index contributed by atoms with van der Waals surface area (Å²) in [4.78, 5) is 7.95. The minimum absolute atomic E-state index is 0.513. The second kappa shape index (κ2) is 7.64. The number of para-hydroxylation sites is 1. The van der Waals surface area contributed by atoms with Crippen molar-refractivity contribution >= 4 is 11.0 Å². The van der Waals surface area contributed by atoms with Gasteiger partial charge in [0.1, 0.15) is 18.0 Å².